The lowest BCUT2D eigenvalue weighted by Gasteiger charge is -2.25. The molecule has 0 spiro atoms. The number of hydrogen-bond donors (Lipinski definition) is 2. The van der Waals surface area contributed by atoms with E-state index < -0.39 is 5.82 Å². The minimum atomic E-state index is -0.623. The summed E-state index contributed by atoms with van der Waals surface area (Å²) in [5, 5.41) is 12.7. The molecule has 1 aliphatic rings. The van der Waals surface area contributed by atoms with Crippen LogP contribution in [0.25, 0.3) is 0 Å². The summed E-state index contributed by atoms with van der Waals surface area (Å²) in [5.74, 6) is -0.958. The van der Waals surface area contributed by atoms with Crippen LogP contribution >= 0.6 is 15.9 Å². The largest absolute Gasteiger partial charge is 0.505 e. The van der Waals surface area contributed by atoms with Crippen molar-refractivity contribution < 1.29 is 14.2 Å². The summed E-state index contributed by atoms with van der Waals surface area (Å²) in [6.07, 6.45) is -0.302. The molecule has 0 aromatic heterocycles. The van der Waals surface area contributed by atoms with Crippen molar-refractivity contribution in [2.45, 2.75) is 6.10 Å². The van der Waals surface area contributed by atoms with Gasteiger partial charge in [-0.3, -0.25) is 0 Å². The van der Waals surface area contributed by atoms with E-state index in [1.54, 1.807) is 6.07 Å². The highest BCUT2D eigenvalue weighted by atomic mass is 79.9. The topological polar surface area (TPSA) is 41.5 Å². The highest BCUT2D eigenvalue weighted by Gasteiger charge is 2.23. The third-order valence-electron chi connectivity index (χ3n) is 2.36. The van der Waals surface area contributed by atoms with E-state index >= 15 is 0 Å². The standard InChI is InChI=1S/C10H11BrFNO2/c11-6-1-2-7(12)10(14)9(6)8-5-13-3-4-15-8/h1-2,8,13-14H,3-5H2. The Hall–Kier alpha value is -0.650. The number of phenols is 1. The van der Waals surface area contributed by atoms with Crippen molar-refractivity contribution >= 4 is 15.9 Å². The van der Waals surface area contributed by atoms with Crippen LogP contribution in [0.4, 0.5) is 4.39 Å². The van der Waals surface area contributed by atoms with Crippen molar-refractivity contribution in [3.8, 4) is 5.75 Å². The predicted octanol–water partition coefficient (Wildman–Crippen LogP) is 1.95. The maximum atomic E-state index is 13.2. The van der Waals surface area contributed by atoms with Gasteiger partial charge in [-0.1, -0.05) is 15.9 Å². The van der Waals surface area contributed by atoms with Crippen LogP contribution in [0.15, 0.2) is 16.6 Å². The molecule has 2 N–H and O–H groups in total. The van der Waals surface area contributed by atoms with E-state index in [1.165, 1.54) is 6.07 Å². The van der Waals surface area contributed by atoms with E-state index in [-0.39, 0.29) is 11.9 Å². The van der Waals surface area contributed by atoms with E-state index in [4.69, 9.17) is 4.74 Å². The fraction of sp³-hybridized carbons (Fsp3) is 0.400. The summed E-state index contributed by atoms with van der Waals surface area (Å²) < 4.78 is 19.3. The molecular weight excluding hydrogens is 265 g/mol. The molecule has 1 fully saturated rings. The molecule has 1 aliphatic heterocycles. The molecule has 3 nitrogen and oxygen atoms in total. The second kappa shape index (κ2) is 4.47. The van der Waals surface area contributed by atoms with Crippen LogP contribution in [0.1, 0.15) is 11.7 Å². The molecule has 1 atom stereocenters. The third kappa shape index (κ3) is 2.14. The summed E-state index contributed by atoms with van der Waals surface area (Å²) in [4.78, 5) is 0. The molecule has 0 radical (unpaired) electrons. The zero-order chi connectivity index (χ0) is 10.8. The Balaban J connectivity index is 2.36. The minimum absolute atomic E-state index is 0.302. The zero-order valence-corrected chi connectivity index (χ0v) is 9.55. The van der Waals surface area contributed by atoms with Gasteiger partial charge < -0.3 is 15.2 Å². The second-order valence-electron chi connectivity index (χ2n) is 3.36. The molecule has 0 bridgehead atoms. The van der Waals surface area contributed by atoms with Crippen LogP contribution < -0.4 is 5.32 Å². The first-order chi connectivity index (χ1) is 7.20. The van der Waals surface area contributed by atoms with Crippen molar-refractivity contribution in [3.05, 3.63) is 28.0 Å². The quantitative estimate of drug-likeness (QED) is 0.823. The average Bonchev–Trinajstić information content (AvgIpc) is 2.26. The number of morpholine rings is 1. The molecule has 15 heavy (non-hydrogen) atoms. The maximum absolute atomic E-state index is 13.2. The average molecular weight is 276 g/mol. The highest BCUT2D eigenvalue weighted by molar-refractivity contribution is 9.10. The lowest BCUT2D eigenvalue weighted by molar-refractivity contribution is 0.0255. The van der Waals surface area contributed by atoms with Crippen LogP contribution in [0, 0.1) is 5.82 Å². The van der Waals surface area contributed by atoms with Crippen molar-refractivity contribution in [2.24, 2.45) is 0 Å². The molecule has 1 aromatic carbocycles. The van der Waals surface area contributed by atoms with Gasteiger partial charge in [0.25, 0.3) is 0 Å². The van der Waals surface area contributed by atoms with Gasteiger partial charge in [0.1, 0.15) is 0 Å². The van der Waals surface area contributed by atoms with E-state index in [0.29, 0.717) is 23.2 Å². The molecule has 1 unspecified atom stereocenters. The van der Waals surface area contributed by atoms with Gasteiger partial charge in [-0.05, 0) is 12.1 Å². The molecule has 1 heterocycles. The molecule has 1 saturated heterocycles. The van der Waals surface area contributed by atoms with Crippen LogP contribution in [0.5, 0.6) is 5.75 Å². The Morgan fingerprint density at radius 3 is 3.00 bits per heavy atom. The van der Waals surface area contributed by atoms with E-state index in [0.717, 1.165) is 6.54 Å². The summed E-state index contributed by atoms with van der Waals surface area (Å²) in [7, 11) is 0. The first kappa shape index (κ1) is 10.9. The number of nitrogens with one attached hydrogen (secondary N) is 1. The predicted molar refractivity (Wildman–Crippen MR) is 57.3 cm³/mol. The Morgan fingerprint density at radius 1 is 1.53 bits per heavy atom. The Bertz CT molecular complexity index is 367. The molecule has 5 heteroatoms. The molecule has 0 aliphatic carbocycles. The van der Waals surface area contributed by atoms with E-state index in [1.807, 2.05) is 0 Å². The van der Waals surface area contributed by atoms with Gasteiger partial charge in [0, 0.05) is 23.1 Å². The number of ether oxygens (including phenoxy) is 1. The number of hydrogen-bond acceptors (Lipinski definition) is 3. The van der Waals surface area contributed by atoms with Gasteiger partial charge in [-0.25, -0.2) is 4.39 Å². The lowest BCUT2D eigenvalue weighted by atomic mass is 10.1. The monoisotopic (exact) mass is 275 g/mol. The first-order valence-corrected chi connectivity index (χ1v) is 5.48. The fourth-order valence-electron chi connectivity index (χ4n) is 1.61. The van der Waals surface area contributed by atoms with Gasteiger partial charge in [0.15, 0.2) is 11.6 Å². The SMILES string of the molecule is Oc1c(F)ccc(Br)c1C1CNCCO1. The minimum Gasteiger partial charge on any atom is -0.505 e. The van der Waals surface area contributed by atoms with Crippen molar-refractivity contribution in [2.75, 3.05) is 19.7 Å². The smallest absolute Gasteiger partial charge is 0.165 e. The van der Waals surface area contributed by atoms with Crippen molar-refractivity contribution in [1.82, 2.24) is 5.32 Å². The Kier molecular flexibility index (Phi) is 3.23. The van der Waals surface area contributed by atoms with Crippen LogP contribution in [0.3, 0.4) is 0 Å². The normalized spacial score (nSPS) is 21.6. The highest BCUT2D eigenvalue weighted by Crippen LogP contribution is 2.35. The van der Waals surface area contributed by atoms with Crippen LogP contribution in [-0.4, -0.2) is 24.8 Å². The third-order valence-corrected chi connectivity index (χ3v) is 3.06. The van der Waals surface area contributed by atoms with Gasteiger partial charge in [-0.2, -0.15) is 0 Å². The Labute approximate surface area is 95.4 Å². The number of phenolic OH excluding ortho intramolecular Hbond substituents is 1. The number of rotatable bonds is 1. The summed E-state index contributed by atoms with van der Waals surface area (Å²) in [6.45, 7) is 1.92. The molecule has 0 saturated carbocycles. The van der Waals surface area contributed by atoms with Crippen LogP contribution in [0.2, 0.25) is 0 Å². The fourth-order valence-corrected chi connectivity index (χ4v) is 2.19. The second-order valence-corrected chi connectivity index (χ2v) is 4.21. The van der Waals surface area contributed by atoms with Crippen LogP contribution in [-0.2, 0) is 4.74 Å². The molecule has 1 aromatic rings. The molecule has 0 amide bonds. The summed E-state index contributed by atoms with van der Waals surface area (Å²) >= 11 is 3.28. The summed E-state index contributed by atoms with van der Waals surface area (Å²) in [5.41, 5.74) is 0.474. The van der Waals surface area contributed by atoms with Gasteiger partial charge in [0.2, 0.25) is 0 Å². The van der Waals surface area contributed by atoms with E-state index in [9.17, 15) is 9.50 Å². The molecule has 82 valence electrons. The van der Waals surface area contributed by atoms with Crippen molar-refractivity contribution in [1.29, 1.82) is 0 Å². The number of aromatic hydroxyl groups is 1. The first-order valence-electron chi connectivity index (χ1n) is 4.69. The number of benzene rings is 1. The summed E-state index contributed by atoms with van der Waals surface area (Å²) in [6, 6.07) is 2.79. The van der Waals surface area contributed by atoms with Gasteiger partial charge in [0.05, 0.1) is 12.7 Å². The maximum Gasteiger partial charge on any atom is 0.165 e. The Morgan fingerprint density at radius 2 is 2.33 bits per heavy atom. The molecular formula is C10H11BrFNO2. The number of halogens is 2. The van der Waals surface area contributed by atoms with Gasteiger partial charge >= 0.3 is 0 Å². The van der Waals surface area contributed by atoms with Gasteiger partial charge in [-0.15, -0.1) is 0 Å². The van der Waals surface area contributed by atoms with E-state index in [2.05, 4.69) is 21.2 Å². The lowest BCUT2D eigenvalue weighted by Crippen LogP contribution is -2.33. The zero-order valence-electron chi connectivity index (χ0n) is 7.96. The molecule has 2 rings (SSSR count). The van der Waals surface area contributed by atoms with Crippen molar-refractivity contribution in [3.63, 3.8) is 0 Å².